The normalized spacial score (nSPS) is 14.8. The second-order valence-corrected chi connectivity index (χ2v) is 5.42. The van der Waals surface area contributed by atoms with E-state index in [2.05, 4.69) is 4.98 Å². The number of aryl methyl sites for hydroxylation is 1. The van der Waals surface area contributed by atoms with Gasteiger partial charge in [0.1, 0.15) is 23.0 Å². The summed E-state index contributed by atoms with van der Waals surface area (Å²) >= 11 is 0. The minimum absolute atomic E-state index is 0.348. The molecule has 3 rings (SSSR count). The lowest BCUT2D eigenvalue weighted by molar-refractivity contribution is -0.132. The maximum absolute atomic E-state index is 11.1. The number of carbonyl (C=O) groups is 1. The van der Waals surface area contributed by atoms with E-state index in [9.17, 15) is 4.79 Å². The molecule has 1 aliphatic carbocycles. The smallest absolute Gasteiger partial charge is 0.346 e. The van der Waals surface area contributed by atoms with Crippen LogP contribution in [0.2, 0.25) is 0 Å². The molecule has 0 aromatic carbocycles. The molecule has 1 aliphatic rings. The van der Waals surface area contributed by atoms with Crippen molar-refractivity contribution in [1.29, 1.82) is 5.26 Å². The van der Waals surface area contributed by atoms with Crippen LogP contribution >= 0.6 is 0 Å². The Morgan fingerprint density at radius 2 is 2.41 bits per heavy atom. The Bertz CT molecular complexity index is 810. The summed E-state index contributed by atoms with van der Waals surface area (Å²) in [5.74, 6) is -0.342. The Hall–Kier alpha value is -2.81. The Kier molecular flexibility index (Phi) is 3.55. The molecule has 0 atom stereocenters. The number of nitrogens with zero attached hydrogens (tertiary/aromatic N) is 3. The van der Waals surface area contributed by atoms with Crippen LogP contribution in [0.4, 0.5) is 0 Å². The zero-order valence-electron chi connectivity index (χ0n) is 12.1. The molecule has 2 heterocycles. The third-order valence-corrected chi connectivity index (χ3v) is 3.63. The van der Waals surface area contributed by atoms with Crippen molar-refractivity contribution < 1.29 is 14.6 Å². The second-order valence-electron chi connectivity index (χ2n) is 5.42. The van der Waals surface area contributed by atoms with Crippen molar-refractivity contribution in [1.82, 2.24) is 9.38 Å². The van der Waals surface area contributed by atoms with Gasteiger partial charge in [0.2, 0.25) is 5.88 Å². The highest BCUT2D eigenvalue weighted by Gasteiger charge is 2.24. The van der Waals surface area contributed by atoms with E-state index in [4.69, 9.17) is 15.1 Å². The maximum atomic E-state index is 11.1. The van der Waals surface area contributed by atoms with Gasteiger partial charge < -0.3 is 9.84 Å². The Morgan fingerprint density at radius 3 is 3.05 bits per heavy atom. The zero-order chi connectivity index (χ0) is 15.7. The third-order valence-electron chi connectivity index (χ3n) is 3.63. The maximum Gasteiger partial charge on any atom is 0.346 e. The number of pyridine rings is 1. The first-order valence-electron chi connectivity index (χ1n) is 7.05. The number of ether oxygens (including phenoxy) is 1. The van der Waals surface area contributed by atoms with E-state index in [-0.39, 0.29) is 5.57 Å². The van der Waals surface area contributed by atoms with E-state index in [1.807, 2.05) is 19.1 Å². The molecule has 2 aromatic heterocycles. The molecule has 6 nitrogen and oxygen atoms in total. The molecule has 0 radical (unpaired) electrons. The highest BCUT2D eigenvalue weighted by molar-refractivity contribution is 5.96. The van der Waals surface area contributed by atoms with Crippen molar-refractivity contribution in [2.45, 2.75) is 19.8 Å². The lowest BCUT2D eigenvalue weighted by Crippen LogP contribution is -2.02. The Balaban J connectivity index is 2.11. The Labute approximate surface area is 127 Å². The van der Waals surface area contributed by atoms with E-state index in [0.717, 1.165) is 18.4 Å². The number of rotatable bonds is 5. The number of hydrogen-bond donors (Lipinski definition) is 1. The molecule has 0 bridgehead atoms. The molecular formula is C16H15N3O3. The molecule has 1 fully saturated rings. The van der Waals surface area contributed by atoms with Gasteiger partial charge in [-0.05, 0) is 43.4 Å². The van der Waals surface area contributed by atoms with Crippen molar-refractivity contribution >= 4 is 17.7 Å². The van der Waals surface area contributed by atoms with Crippen LogP contribution in [0.3, 0.4) is 0 Å². The van der Waals surface area contributed by atoms with Gasteiger partial charge in [-0.1, -0.05) is 6.07 Å². The van der Waals surface area contributed by atoms with Gasteiger partial charge in [0, 0.05) is 6.20 Å². The number of aromatic nitrogens is 2. The number of imidazole rings is 1. The first kappa shape index (κ1) is 14.1. The highest BCUT2D eigenvalue weighted by atomic mass is 16.5. The lowest BCUT2D eigenvalue weighted by Gasteiger charge is -2.03. The summed E-state index contributed by atoms with van der Waals surface area (Å²) in [5.41, 5.74) is 1.78. The van der Waals surface area contributed by atoms with Gasteiger partial charge in [-0.15, -0.1) is 0 Å². The molecule has 6 heteroatoms. The zero-order valence-corrected chi connectivity index (χ0v) is 12.1. The fourth-order valence-corrected chi connectivity index (χ4v) is 2.20. The molecule has 2 aromatic rings. The summed E-state index contributed by atoms with van der Waals surface area (Å²) < 4.78 is 7.50. The topological polar surface area (TPSA) is 87.6 Å². The van der Waals surface area contributed by atoms with Crippen molar-refractivity contribution in [3.05, 3.63) is 35.2 Å². The summed E-state index contributed by atoms with van der Waals surface area (Å²) in [7, 11) is 0. The standard InChI is InChI=1S/C16H15N3O3/c1-10-3-2-6-19-13(7-12(8-17)16(20)21)15(18-14(10)19)22-9-11-4-5-11/h2-3,6-7,11H,4-5,9H2,1H3,(H,20,21)/b12-7+. The number of carboxylic acids is 1. The van der Waals surface area contributed by atoms with Crippen LogP contribution in [-0.4, -0.2) is 27.1 Å². The number of hydrogen-bond acceptors (Lipinski definition) is 4. The molecule has 0 unspecified atom stereocenters. The van der Waals surface area contributed by atoms with Crippen LogP contribution < -0.4 is 4.74 Å². The van der Waals surface area contributed by atoms with Crippen LogP contribution in [-0.2, 0) is 4.79 Å². The number of aliphatic carboxylic acids is 1. The van der Waals surface area contributed by atoms with Crippen LogP contribution in [0.15, 0.2) is 23.9 Å². The first-order chi connectivity index (χ1) is 10.6. The largest absolute Gasteiger partial charge is 0.477 e. The molecule has 0 amide bonds. The monoisotopic (exact) mass is 297 g/mol. The van der Waals surface area contributed by atoms with E-state index in [0.29, 0.717) is 29.7 Å². The van der Waals surface area contributed by atoms with Gasteiger partial charge >= 0.3 is 5.97 Å². The quantitative estimate of drug-likeness (QED) is 0.676. The van der Waals surface area contributed by atoms with Gasteiger partial charge in [-0.3, -0.25) is 4.40 Å². The third kappa shape index (κ3) is 2.66. The number of nitriles is 1. The van der Waals surface area contributed by atoms with Crippen molar-refractivity contribution in [3.8, 4) is 11.9 Å². The van der Waals surface area contributed by atoms with Gasteiger partial charge in [-0.25, -0.2) is 4.79 Å². The van der Waals surface area contributed by atoms with Gasteiger partial charge in [0.25, 0.3) is 0 Å². The van der Waals surface area contributed by atoms with Crippen molar-refractivity contribution in [2.75, 3.05) is 6.61 Å². The summed E-state index contributed by atoms with van der Waals surface area (Å²) in [5, 5.41) is 18.0. The molecule has 1 N–H and O–H groups in total. The molecule has 22 heavy (non-hydrogen) atoms. The van der Waals surface area contributed by atoms with Crippen LogP contribution in [0, 0.1) is 24.2 Å². The fourth-order valence-electron chi connectivity index (χ4n) is 2.20. The predicted molar refractivity (Wildman–Crippen MR) is 79.4 cm³/mol. The summed E-state index contributed by atoms with van der Waals surface area (Å²) in [6.45, 7) is 2.49. The van der Waals surface area contributed by atoms with Crippen LogP contribution in [0.5, 0.6) is 5.88 Å². The average Bonchev–Trinajstić information content (AvgIpc) is 3.25. The second kappa shape index (κ2) is 5.53. The minimum atomic E-state index is -1.27. The average molecular weight is 297 g/mol. The molecule has 0 spiro atoms. The van der Waals surface area contributed by atoms with E-state index < -0.39 is 5.97 Å². The van der Waals surface area contributed by atoms with Gasteiger partial charge in [0.05, 0.1) is 6.61 Å². The summed E-state index contributed by atoms with van der Waals surface area (Å²) in [6, 6.07) is 5.45. The number of fused-ring (bicyclic) bond motifs is 1. The van der Waals surface area contributed by atoms with Crippen molar-refractivity contribution in [2.24, 2.45) is 5.92 Å². The Morgan fingerprint density at radius 1 is 1.64 bits per heavy atom. The predicted octanol–water partition coefficient (Wildman–Crippen LogP) is 2.42. The summed E-state index contributed by atoms with van der Waals surface area (Å²) in [4.78, 5) is 15.5. The van der Waals surface area contributed by atoms with Crippen LogP contribution in [0.25, 0.3) is 11.7 Å². The van der Waals surface area contributed by atoms with E-state index >= 15 is 0 Å². The minimum Gasteiger partial charge on any atom is -0.477 e. The van der Waals surface area contributed by atoms with Crippen LogP contribution in [0.1, 0.15) is 24.1 Å². The molecule has 0 saturated heterocycles. The fraction of sp³-hybridized carbons (Fsp3) is 0.312. The van der Waals surface area contributed by atoms with Gasteiger partial charge in [-0.2, -0.15) is 10.2 Å². The SMILES string of the molecule is Cc1cccn2c(/C=C(\C#N)C(=O)O)c(OCC3CC3)nc12. The number of carboxylic acid groups (broad SMARTS) is 1. The highest BCUT2D eigenvalue weighted by Crippen LogP contribution is 2.31. The summed E-state index contributed by atoms with van der Waals surface area (Å²) in [6.07, 6.45) is 5.39. The molecule has 0 aliphatic heterocycles. The van der Waals surface area contributed by atoms with Crippen molar-refractivity contribution in [3.63, 3.8) is 0 Å². The molecule has 112 valence electrons. The van der Waals surface area contributed by atoms with Gasteiger partial charge in [0.15, 0.2) is 0 Å². The lowest BCUT2D eigenvalue weighted by atomic mass is 10.2. The first-order valence-corrected chi connectivity index (χ1v) is 7.05. The van der Waals surface area contributed by atoms with E-state index in [1.165, 1.54) is 6.08 Å². The molecular weight excluding hydrogens is 282 g/mol. The molecule has 1 saturated carbocycles. The van der Waals surface area contributed by atoms with E-state index in [1.54, 1.807) is 16.7 Å².